The Hall–Kier alpha value is -1.34. The number of carboxylic acids is 1. The molecule has 1 heterocycles. The Morgan fingerprint density at radius 2 is 1.94 bits per heavy atom. The molecule has 1 saturated heterocycles. The number of carbonyl (C=O) groups is 2. The SMILES string of the molecule is CC(C)C[C@H](NC(=O)NN1CCOCC1)C(=O)O. The normalized spacial score (nSPS) is 18.4. The van der Waals surface area contributed by atoms with Crippen molar-refractivity contribution >= 4 is 12.0 Å². The van der Waals surface area contributed by atoms with E-state index in [0.29, 0.717) is 32.7 Å². The number of aliphatic carboxylic acids is 1. The lowest BCUT2D eigenvalue weighted by molar-refractivity contribution is -0.139. The summed E-state index contributed by atoms with van der Waals surface area (Å²) in [5.41, 5.74) is 2.62. The molecule has 2 amide bonds. The molecule has 1 rings (SSSR count). The average Bonchev–Trinajstić information content (AvgIpc) is 2.28. The summed E-state index contributed by atoms with van der Waals surface area (Å²) < 4.78 is 5.15. The van der Waals surface area contributed by atoms with Crippen LogP contribution in [-0.2, 0) is 9.53 Å². The molecule has 18 heavy (non-hydrogen) atoms. The molecular formula is C11H21N3O4. The van der Waals surface area contributed by atoms with Gasteiger partial charge in [-0.1, -0.05) is 13.8 Å². The number of hydrogen-bond acceptors (Lipinski definition) is 4. The number of hydrazine groups is 1. The van der Waals surface area contributed by atoms with Gasteiger partial charge in [0, 0.05) is 13.1 Å². The lowest BCUT2D eigenvalue weighted by atomic mass is 10.0. The fraction of sp³-hybridized carbons (Fsp3) is 0.818. The largest absolute Gasteiger partial charge is 0.480 e. The molecule has 0 aliphatic carbocycles. The van der Waals surface area contributed by atoms with Gasteiger partial charge in [0.05, 0.1) is 13.2 Å². The van der Waals surface area contributed by atoms with E-state index in [1.54, 1.807) is 5.01 Å². The summed E-state index contributed by atoms with van der Waals surface area (Å²) >= 11 is 0. The van der Waals surface area contributed by atoms with Crippen molar-refractivity contribution in [1.29, 1.82) is 0 Å². The van der Waals surface area contributed by atoms with Crippen LogP contribution in [0.25, 0.3) is 0 Å². The van der Waals surface area contributed by atoms with Crippen LogP contribution in [0.2, 0.25) is 0 Å². The molecule has 1 aliphatic heterocycles. The lowest BCUT2D eigenvalue weighted by Crippen LogP contribution is -2.54. The van der Waals surface area contributed by atoms with Crippen LogP contribution in [0.4, 0.5) is 4.79 Å². The van der Waals surface area contributed by atoms with Gasteiger partial charge in [0.2, 0.25) is 0 Å². The number of amides is 2. The Morgan fingerprint density at radius 3 is 2.44 bits per heavy atom. The van der Waals surface area contributed by atoms with Gasteiger partial charge in [0.15, 0.2) is 0 Å². The topological polar surface area (TPSA) is 90.9 Å². The van der Waals surface area contributed by atoms with E-state index in [2.05, 4.69) is 10.7 Å². The summed E-state index contributed by atoms with van der Waals surface area (Å²) in [6, 6.07) is -1.34. The minimum atomic E-state index is -1.01. The summed E-state index contributed by atoms with van der Waals surface area (Å²) in [7, 11) is 0. The van der Waals surface area contributed by atoms with E-state index in [4.69, 9.17) is 9.84 Å². The maximum Gasteiger partial charge on any atom is 0.330 e. The van der Waals surface area contributed by atoms with Crippen LogP contribution in [-0.4, -0.2) is 54.5 Å². The standard InChI is InChI=1S/C11H21N3O4/c1-8(2)7-9(10(15)16)12-11(17)13-14-3-5-18-6-4-14/h8-9H,3-7H2,1-2H3,(H,15,16)(H2,12,13,17)/t9-/m0/s1. The molecule has 1 atom stereocenters. The summed E-state index contributed by atoms with van der Waals surface area (Å²) in [4.78, 5) is 22.6. The first-order valence-electron chi connectivity index (χ1n) is 6.11. The third kappa shape index (κ3) is 5.33. The zero-order chi connectivity index (χ0) is 13.5. The Morgan fingerprint density at radius 1 is 1.33 bits per heavy atom. The molecule has 104 valence electrons. The summed E-state index contributed by atoms with van der Waals surface area (Å²) in [6.07, 6.45) is 0.409. The molecule has 0 aromatic heterocycles. The number of morpholine rings is 1. The summed E-state index contributed by atoms with van der Waals surface area (Å²) in [5.74, 6) is -0.810. The molecular weight excluding hydrogens is 238 g/mol. The van der Waals surface area contributed by atoms with Crippen LogP contribution in [0, 0.1) is 5.92 Å². The molecule has 0 spiro atoms. The van der Waals surface area contributed by atoms with Crippen LogP contribution in [0.1, 0.15) is 20.3 Å². The van der Waals surface area contributed by atoms with Gasteiger partial charge in [0.25, 0.3) is 0 Å². The number of nitrogens with one attached hydrogen (secondary N) is 2. The predicted molar refractivity (Wildman–Crippen MR) is 64.9 cm³/mol. The first-order valence-corrected chi connectivity index (χ1v) is 6.11. The first-order chi connectivity index (χ1) is 8.49. The third-order valence-electron chi connectivity index (χ3n) is 2.58. The predicted octanol–water partition coefficient (Wildman–Crippen LogP) is 0.0321. The van der Waals surface area contributed by atoms with E-state index in [-0.39, 0.29) is 5.92 Å². The smallest absolute Gasteiger partial charge is 0.330 e. The number of rotatable bonds is 5. The minimum Gasteiger partial charge on any atom is -0.480 e. The summed E-state index contributed by atoms with van der Waals surface area (Å²) in [5, 5.41) is 13.2. The second-order valence-corrected chi connectivity index (χ2v) is 4.71. The van der Waals surface area contributed by atoms with Crippen LogP contribution in [0.5, 0.6) is 0 Å². The number of ether oxygens (including phenoxy) is 1. The van der Waals surface area contributed by atoms with E-state index < -0.39 is 18.0 Å². The number of carbonyl (C=O) groups excluding carboxylic acids is 1. The second kappa shape index (κ2) is 7.17. The van der Waals surface area contributed by atoms with Crippen LogP contribution < -0.4 is 10.7 Å². The molecule has 7 heteroatoms. The fourth-order valence-electron chi connectivity index (χ4n) is 1.70. The lowest BCUT2D eigenvalue weighted by Gasteiger charge is -2.27. The van der Waals surface area contributed by atoms with Gasteiger partial charge in [-0.3, -0.25) is 5.43 Å². The van der Waals surface area contributed by atoms with Crippen LogP contribution in [0.15, 0.2) is 0 Å². The van der Waals surface area contributed by atoms with Crippen molar-refractivity contribution < 1.29 is 19.4 Å². The Labute approximate surface area is 106 Å². The molecule has 1 aliphatic rings. The van der Waals surface area contributed by atoms with Crippen molar-refractivity contribution in [2.24, 2.45) is 5.92 Å². The molecule has 0 aromatic carbocycles. The van der Waals surface area contributed by atoms with Gasteiger partial charge in [-0.15, -0.1) is 0 Å². The monoisotopic (exact) mass is 259 g/mol. The molecule has 7 nitrogen and oxygen atoms in total. The number of hydrogen-bond donors (Lipinski definition) is 3. The van der Waals surface area contributed by atoms with E-state index in [1.807, 2.05) is 13.8 Å². The van der Waals surface area contributed by atoms with E-state index in [9.17, 15) is 9.59 Å². The third-order valence-corrected chi connectivity index (χ3v) is 2.58. The summed E-state index contributed by atoms with van der Waals surface area (Å²) in [6.45, 7) is 6.17. The van der Waals surface area contributed by atoms with Crippen molar-refractivity contribution in [2.75, 3.05) is 26.3 Å². The molecule has 0 bridgehead atoms. The number of urea groups is 1. The van der Waals surface area contributed by atoms with Gasteiger partial charge < -0.3 is 15.2 Å². The van der Waals surface area contributed by atoms with Crippen molar-refractivity contribution in [1.82, 2.24) is 15.8 Å². The van der Waals surface area contributed by atoms with Gasteiger partial charge >= 0.3 is 12.0 Å². The highest BCUT2D eigenvalue weighted by Crippen LogP contribution is 2.04. The molecule has 0 saturated carbocycles. The number of nitrogens with zero attached hydrogens (tertiary/aromatic N) is 1. The Kier molecular flexibility index (Phi) is 5.87. The van der Waals surface area contributed by atoms with Gasteiger partial charge in [0.1, 0.15) is 6.04 Å². The molecule has 0 radical (unpaired) electrons. The highest BCUT2D eigenvalue weighted by atomic mass is 16.5. The fourth-order valence-corrected chi connectivity index (χ4v) is 1.70. The maximum absolute atomic E-state index is 11.6. The average molecular weight is 259 g/mol. The van der Waals surface area contributed by atoms with Gasteiger partial charge in [-0.25, -0.2) is 14.6 Å². The van der Waals surface area contributed by atoms with Crippen LogP contribution >= 0.6 is 0 Å². The zero-order valence-corrected chi connectivity index (χ0v) is 10.8. The highest BCUT2D eigenvalue weighted by Gasteiger charge is 2.22. The Bertz CT molecular complexity index is 290. The highest BCUT2D eigenvalue weighted by molar-refractivity contribution is 5.82. The van der Waals surface area contributed by atoms with E-state index >= 15 is 0 Å². The van der Waals surface area contributed by atoms with E-state index in [0.717, 1.165) is 0 Å². The van der Waals surface area contributed by atoms with Gasteiger partial charge in [-0.2, -0.15) is 0 Å². The molecule has 1 fully saturated rings. The maximum atomic E-state index is 11.6. The molecule has 3 N–H and O–H groups in total. The van der Waals surface area contributed by atoms with Crippen molar-refractivity contribution in [3.8, 4) is 0 Å². The van der Waals surface area contributed by atoms with E-state index in [1.165, 1.54) is 0 Å². The van der Waals surface area contributed by atoms with Crippen molar-refractivity contribution in [2.45, 2.75) is 26.3 Å². The first kappa shape index (κ1) is 14.7. The van der Waals surface area contributed by atoms with Crippen LogP contribution in [0.3, 0.4) is 0 Å². The van der Waals surface area contributed by atoms with Crippen molar-refractivity contribution in [3.05, 3.63) is 0 Å². The zero-order valence-electron chi connectivity index (χ0n) is 10.8. The minimum absolute atomic E-state index is 0.204. The number of carboxylic acid groups (broad SMARTS) is 1. The molecule has 0 aromatic rings. The molecule has 0 unspecified atom stereocenters. The second-order valence-electron chi connectivity index (χ2n) is 4.71. The quantitative estimate of drug-likeness (QED) is 0.648. The Balaban J connectivity index is 2.37. The van der Waals surface area contributed by atoms with Crippen molar-refractivity contribution in [3.63, 3.8) is 0 Å². The van der Waals surface area contributed by atoms with Gasteiger partial charge in [-0.05, 0) is 12.3 Å².